The molecule has 0 aliphatic rings. The quantitative estimate of drug-likeness (QED) is 0.394. The van der Waals surface area contributed by atoms with Crippen molar-refractivity contribution in [3.8, 4) is 0 Å². The number of guanidine groups is 1. The summed E-state index contributed by atoms with van der Waals surface area (Å²) < 4.78 is 5.05. The fourth-order valence-corrected chi connectivity index (χ4v) is 2.37. The number of ether oxygens (including phenoxy) is 1. The summed E-state index contributed by atoms with van der Waals surface area (Å²) in [7, 11) is 3.51. The zero-order chi connectivity index (χ0) is 16.9. The Morgan fingerprint density at radius 2 is 1.91 bits per heavy atom. The Bertz CT molecular complexity index is 458. The Hall–Kier alpha value is -1.59. The van der Waals surface area contributed by atoms with Crippen molar-refractivity contribution >= 4 is 5.96 Å². The van der Waals surface area contributed by atoms with Crippen molar-refractivity contribution < 1.29 is 4.74 Å². The number of nitrogens with one attached hydrogen (secondary N) is 2. The number of benzene rings is 1. The molecule has 0 atom stereocenters. The Kier molecular flexibility index (Phi) is 10.1. The smallest absolute Gasteiger partial charge is 0.191 e. The summed E-state index contributed by atoms with van der Waals surface area (Å²) in [4.78, 5) is 6.66. The van der Waals surface area contributed by atoms with E-state index >= 15 is 0 Å². The highest BCUT2D eigenvalue weighted by atomic mass is 16.5. The molecule has 5 nitrogen and oxygen atoms in total. The molecule has 1 aromatic carbocycles. The maximum absolute atomic E-state index is 5.05. The van der Waals surface area contributed by atoms with Crippen molar-refractivity contribution in [2.24, 2.45) is 4.99 Å². The molecule has 0 aliphatic carbocycles. The lowest BCUT2D eigenvalue weighted by Gasteiger charge is -2.18. The van der Waals surface area contributed by atoms with Crippen LogP contribution in [0.15, 0.2) is 29.3 Å². The first kappa shape index (κ1) is 19.5. The molecule has 1 aromatic rings. The van der Waals surface area contributed by atoms with E-state index in [1.165, 1.54) is 11.1 Å². The first-order valence-electron chi connectivity index (χ1n) is 8.47. The van der Waals surface area contributed by atoms with Gasteiger partial charge in [0, 0.05) is 40.4 Å². The zero-order valence-electron chi connectivity index (χ0n) is 15.1. The van der Waals surface area contributed by atoms with Crippen LogP contribution in [-0.2, 0) is 17.8 Å². The van der Waals surface area contributed by atoms with Gasteiger partial charge in [0.2, 0.25) is 0 Å². The Labute approximate surface area is 141 Å². The molecule has 23 heavy (non-hydrogen) atoms. The highest BCUT2D eigenvalue weighted by Gasteiger charge is 2.03. The largest absolute Gasteiger partial charge is 0.385 e. The summed E-state index contributed by atoms with van der Waals surface area (Å²) >= 11 is 0. The molecule has 1 rings (SSSR count). The second kappa shape index (κ2) is 11.9. The third kappa shape index (κ3) is 8.00. The van der Waals surface area contributed by atoms with E-state index in [-0.39, 0.29) is 0 Å². The Morgan fingerprint density at radius 3 is 2.57 bits per heavy atom. The zero-order valence-corrected chi connectivity index (χ0v) is 15.1. The molecule has 0 fully saturated rings. The number of methoxy groups -OCH3 is 1. The molecule has 0 unspecified atom stereocenters. The number of hydrogen-bond acceptors (Lipinski definition) is 3. The molecule has 2 N–H and O–H groups in total. The molecule has 0 saturated heterocycles. The van der Waals surface area contributed by atoms with E-state index in [0.717, 1.165) is 51.7 Å². The lowest BCUT2D eigenvalue weighted by molar-refractivity contribution is 0.195. The summed E-state index contributed by atoms with van der Waals surface area (Å²) in [6.07, 6.45) is 0.969. The standard InChI is InChI=1S/C18H32N4O/c1-5-22(6-2)15-17-10-7-9-16(13-17)14-21-18(19-3)20-11-8-12-23-4/h7,9-10,13H,5-6,8,11-12,14-15H2,1-4H3,(H2,19,20,21). The van der Waals surface area contributed by atoms with Crippen LogP contribution in [0.5, 0.6) is 0 Å². The van der Waals surface area contributed by atoms with E-state index in [9.17, 15) is 0 Å². The predicted molar refractivity (Wildman–Crippen MR) is 97.8 cm³/mol. The van der Waals surface area contributed by atoms with Crippen LogP contribution in [0.25, 0.3) is 0 Å². The molecule has 0 heterocycles. The molecule has 0 radical (unpaired) electrons. The van der Waals surface area contributed by atoms with Crippen LogP contribution < -0.4 is 10.6 Å². The SMILES string of the molecule is CCN(CC)Cc1cccc(CNC(=NC)NCCCOC)c1. The van der Waals surface area contributed by atoms with Crippen LogP contribution in [0.2, 0.25) is 0 Å². The summed E-state index contributed by atoms with van der Waals surface area (Å²) in [5.41, 5.74) is 2.63. The van der Waals surface area contributed by atoms with Crippen molar-refractivity contribution in [1.82, 2.24) is 15.5 Å². The molecule has 0 aromatic heterocycles. The molecule has 0 spiro atoms. The minimum absolute atomic E-state index is 0.761. The highest BCUT2D eigenvalue weighted by molar-refractivity contribution is 5.79. The molecule has 0 amide bonds. The van der Waals surface area contributed by atoms with Crippen molar-refractivity contribution in [3.63, 3.8) is 0 Å². The van der Waals surface area contributed by atoms with Gasteiger partial charge in [0.15, 0.2) is 5.96 Å². The summed E-state index contributed by atoms with van der Waals surface area (Å²) in [6.45, 7) is 9.96. The Balaban J connectivity index is 2.47. The topological polar surface area (TPSA) is 48.9 Å². The van der Waals surface area contributed by atoms with Crippen LogP contribution in [-0.4, -0.2) is 51.3 Å². The van der Waals surface area contributed by atoms with Crippen LogP contribution >= 0.6 is 0 Å². The van der Waals surface area contributed by atoms with Gasteiger partial charge in [-0.25, -0.2) is 0 Å². The highest BCUT2D eigenvalue weighted by Crippen LogP contribution is 2.08. The van der Waals surface area contributed by atoms with Crippen molar-refractivity contribution in [2.45, 2.75) is 33.4 Å². The summed E-state index contributed by atoms with van der Waals surface area (Å²) in [5, 5.41) is 6.65. The van der Waals surface area contributed by atoms with Gasteiger partial charge in [0.25, 0.3) is 0 Å². The van der Waals surface area contributed by atoms with E-state index in [2.05, 4.69) is 58.6 Å². The normalized spacial score (nSPS) is 11.8. The van der Waals surface area contributed by atoms with E-state index in [4.69, 9.17) is 4.74 Å². The van der Waals surface area contributed by atoms with Crippen LogP contribution in [0.1, 0.15) is 31.4 Å². The van der Waals surface area contributed by atoms with E-state index < -0.39 is 0 Å². The van der Waals surface area contributed by atoms with Crippen LogP contribution in [0.3, 0.4) is 0 Å². The number of hydrogen-bond donors (Lipinski definition) is 2. The second-order valence-electron chi connectivity index (χ2n) is 5.48. The maximum Gasteiger partial charge on any atom is 0.191 e. The summed E-state index contributed by atoms with van der Waals surface area (Å²) in [6, 6.07) is 8.74. The molecule has 5 heteroatoms. The number of aliphatic imine (C=N–C) groups is 1. The first-order chi connectivity index (χ1) is 11.2. The molecular formula is C18H32N4O. The van der Waals surface area contributed by atoms with Gasteiger partial charge in [-0.2, -0.15) is 0 Å². The van der Waals surface area contributed by atoms with Crippen molar-refractivity contribution in [3.05, 3.63) is 35.4 Å². The lowest BCUT2D eigenvalue weighted by atomic mass is 10.1. The monoisotopic (exact) mass is 320 g/mol. The number of nitrogens with zero attached hydrogens (tertiary/aromatic N) is 2. The van der Waals surface area contributed by atoms with Gasteiger partial charge in [-0.05, 0) is 30.6 Å². The van der Waals surface area contributed by atoms with Gasteiger partial charge < -0.3 is 15.4 Å². The number of rotatable bonds is 10. The van der Waals surface area contributed by atoms with Crippen molar-refractivity contribution in [1.29, 1.82) is 0 Å². The first-order valence-corrected chi connectivity index (χ1v) is 8.47. The fraction of sp³-hybridized carbons (Fsp3) is 0.611. The summed E-state index contributed by atoms with van der Waals surface area (Å²) in [5.74, 6) is 0.829. The van der Waals surface area contributed by atoms with Gasteiger partial charge in [-0.1, -0.05) is 38.1 Å². The molecule has 0 saturated carbocycles. The maximum atomic E-state index is 5.05. The average molecular weight is 320 g/mol. The third-order valence-corrected chi connectivity index (χ3v) is 3.79. The van der Waals surface area contributed by atoms with Crippen LogP contribution in [0, 0.1) is 0 Å². The van der Waals surface area contributed by atoms with Gasteiger partial charge in [0.1, 0.15) is 0 Å². The molecule has 130 valence electrons. The fourth-order valence-electron chi connectivity index (χ4n) is 2.37. The van der Waals surface area contributed by atoms with Crippen molar-refractivity contribution in [2.75, 3.05) is 40.4 Å². The van der Waals surface area contributed by atoms with Crippen LogP contribution in [0.4, 0.5) is 0 Å². The minimum atomic E-state index is 0.761. The van der Waals surface area contributed by atoms with Gasteiger partial charge >= 0.3 is 0 Å². The van der Waals surface area contributed by atoms with Gasteiger partial charge in [0.05, 0.1) is 0 Å². The minimum Gasteiger partial charge on any atom is -0.385 e. The Morgan fingerprint density at radius 1 is 1.17 bits per heavy atom. The predicted octanol–water partition coefficient (Wildman–Crippen LogP) is 2.23. The molecule has 0 bridgehead atoms. The lowest BCUT2D eigenvalue weighted by Crippen LogP contribution is -2.37. The van der Waals surface area contributed by atoms with E-state index in [1.54, 1.807) is 14.2 Å². The van der Waals surface area contributed by atoms with E-state index in [1.807, 2.05) is 0 Å². The van der Waals surface area contributed by atoms with Gasteiger partial charge in [-0.15, -0.1) is 0 Å². The molecular weight excluding hydrogens is 288 g/mol. The van der Waals surface area contributed by atoms with E-state index in [0.29, 0.717) is 0 Å². The third-order valence-electron chi connectivity index (χ3n) is 3.79. The average Bonchev–Trinajstić information content (AvgIpc) is 2.59. The molecule has 0 aliphatic heterocycles. The second-order valence-corrected chi connectivity index (χ2v) is 5.48. The van der Waals surface area contributed by atoms with Gasteiger partial charge in [-0.3, -0.25) is 9.89 Å².